The van der Waals surface area contributed by atoms with Gasteiger partial charge in [0.05, 0.1) is 12.2 Å². The van der Waals surface area contributed by atoms with Crippen molar-refractivity contribution in [3.8, 4) is 5.75 Å². The van der Waals surface area contributed by atoms with Crippen molar-refractivity contribution in [2.24, 2.45) is 4.99 Å². The van der Waals surface area contributed by atoms with E-state index >= 15 is 0 Å². The molecule has 0 bridgehead atoms. The summed E-state index contributed by atoms with van der Waals surface area (Å²) >= 11 is 0. The normalized spacial score (nSPS) is 15.0. The van der Waals surface area contributed by atoms with Crippen LogP contribution in [-0.2, 0) is 11.2 Å². The van der Waals surface area contributed by atoms with Crippen molar-refractivity contribution < 1.29 is 27.5 Å². The molecule has 1 aromatic rings. The molecule has 1 aliphatic rings. The van der Waals surface area contributed by atoms with Gasteiger partial charge in [0.1, 0.15) is 11.4 Å². The van der Waals surface area contributed by atoms with Gasteiger partial charge in [-0.3, -0.25) is 14.6 Å². The van der Waals surface area contributed by atoms with Gasteiger partial charge in [-0.1, -0.05) is 12.2 Å². The highest BCUT2D eigenvalue weighted by Gasteiger charge is 2.36. The largest absolute Gasteiger partial charge is 0.493 e. The minimum absolute atomic E-state index is 0.210. The number of nitrogens with zero attached hydrogens (tertiary/aromatic N) is 1. The molecule has 0 saturated heterocycles. The van der Waals surface area contributed by atoms with Crippen LogP contribution in [0.4, 0.5) is 13.2 Å². The molecule has 27 heavy (non-hydrogen) atoms. The van der Waals surface area contributed by atoms with Crippen molar-refractivity contribution >= 4 is 18.3 Å². The molecule has 1 heterocycles. The number of alkyl halides is 3. The number of Topliss-reactive ketones (excluding diaryl/α,β-unsaturated/α-hetero) is 2. The Hall–Kier alpha value is -2.70. The fourth-order valence-electron chi connectivity index (χ4n) is 2.82. The Morgan fingerprint density at radius 3 is 2.67 bits per heavy atom. The summed E-state index contributed by atoms with van der Waals surface area (Å²) < 4.78 is 44.8. The number of fused-ring (bicyclic) bond motifs is 1. The number of benzene rings is 1. The lowest BCUT2D eigenvalue weighted by atomic mass is 9.98. The van der Waals surface area contributed by atoms with Gasteiger partial charge in [0.15, 0.2) is 11.6 Å². The highest BCUT2D eigenvalue weighted by Crippen LogP contribution is 2.31. The minimum Gasteiger partial charge on any atom is -0.493 e. The molecule has 0 aromatic heterocycles. The predicted molar refractivity (Wildman–Crippen MR) is 96.3 cm³/mol. The lowest BCUT2D eigenvalue weighted by Crippen LogP contribution is -2.17. The van der Waals surface area contributed by atoms with Crippen LogP contribution < -0.4 is 4.74 Å². The van der Waals surface area contributed by atoms with Crippen LogP contribution in [0.2, 0.25) is 0 Å². The van der Waals surface area contributed by atoms with Crippen LogP contribution in [0.5, 0.6) is 5.75 Å². The first-order chi connectivity index (χ1) is 12.8. The first kappa shape index (κ1) is 20.6. The van der Waals surface area contributed by atoms with Crippen molar-refractivity contribution in [1.29, 1.82) is 0 Å². The van der Waals surface area contributed by atoms with E-state index in [0.29, 0.717) is 12.2 Å². The number of aryl methyl sites for hydroxylation is 1. The average Bonchev–Trinajstić information content (AvgIpc) is 2.64. The van der Waals surface area contributed by atoms with E-state index in [4.69, 9.17) is 4.74 Å². The second-order valence-electron chi connectivity index (χ2n) is 6.04. The van der Waals surface area contributed by atoms with E-state index in [2.05, 4.69) is 11.7 Å². The Labute approximate surface area is 155 Å². The molecule has 0 saturated carbocycles. The van der Waals surface area contributed by atoms with Crippen LogP contribution in [-0.4, -0.2) is 31.1 Å². The molecule has 0 spiro atoms. The summed E-state index contributed by atoms with van der Waals surface area (Å²) in [6.45, 7) is 5.10. The topological polar surface area (TPSA) is 55.7 Å². The summed E-state index contributed by atoms with van der Waals surface area (Å²) in [4.78, 5) is 27.8. The number of carbonyl (C=O) groups excluding carboxylic acids is 2. The first-order valence-electron chi connectivity index (χ1n) is 8.51. The predicted octanol–water partition coefficient (Wildman–Crippen LogP) is 4.64. The third kappa shape index (κ3) is 5.15. The van der Waals surface area contributed by atoms with E-state index in [1.165, 1.54) is 13.0 Å². The third-order valence-electron chi connectivity index (χ3n) is 4.13. The number of carbonyl (C=O) groups is 2. The van der Waals surface area contributed by atoms with Gasteiger partial charge in [0.25, 0.3) is 0 Å². The fraction of sp³-hybridized carbons (Fsp3) is 0.350. The van der Waals surface area contributed by atoms with Gasteiger partial charge >= 0.3 is 6.18 Å². The number of ketones is 2. The van der Waals surface area contributed by atoms with Crippen LogP contribution in [0.15, 0.2) is 46.6 Å². The van der Waals surface area contributed by atoms with Crippen molar-refractivity contribution in [3.05, 3.63) is 52.7 Å². The quantitative estimate of drug-likeness (QED) is 0.300. The zero-order valence-electron chi connectivity index (χ0n) is 14.9. The number of ether oxygens (including phenoxy) is 1. The van der Waals surface area contributed by atoms with Crippen LogP contribution in [0, 0.1) is 0 Å². The number of rotatable bonds is 7. The molecular weight excluding hydrogens is 359 g/mol. The van der Waals surface area contributed by atoms with Gasteiger partial charge < -0.3 is 4.74 Å². The van der Waals surface area contributed by atoms with Gasteiger partial charge in [-0.2, -0.15) is 13.2 Å². The van der Waals surface area contributed by atoms with E-state index in [1.54, 1.807) is 18.2 Å². The molecule has 144 valence electrons. The van der Waals surface area contributed by atoms with Gasteiger partial charge in [0, 0.05) is 18.4 Å². The zero-order chi connectivity index (χ0) is 20.0. The Balaban J connectivity index is 2.13. The fourth-order valence-corrected chi connectivity index (χ4v) is 2.82. The first-order valence-corrected chi connectivity index (χ1v) is 8.51. The Kier molecular flexibility index (Phi) is 6.71. The zero-order valence-corrected chi connectivity index (χ0v) is 14.9. The molecule has 0 aliphatic carbocycles. The summed E-state index contributed by atoms with van der Waals surface area (Å²) in [6.07, 6.45) is -1.74. The highest BCUT2D eigenvalue weighted by molar-refractivity contribution is 6.02. The van der Waals surface area contributed by atoms with E-state index in [9.17, 15) is 22.8 Å². The molecule has 0 unspecified atom stereocenters. The second-order valence-corrected chi connectivity index (χ2v) is 6.04. The van der Waals surface area contributed by atoms with E-state index in [-0.39, 0.29) is 18.6 Å². The number of hydrogen-bond acceptors (Lipinski definition) is 4. The molecule has 1 aromatic carbocycles. The summed E-state index contributed by atoms with van der Waals surface area (Å²) in [7, 11) is 0. The standard InChI is InChI=1S/C20H20F3NO3/c1-3-5-15(20(21,22)23)19(24-2)17(26)9-8-16(25)13-7-10-18-14(12-13)6-4-11-27-18/h3,5,7,10,12H,2,4,6,8-9,11H2,1H3/b5-3-,19-15+. The van der Waals surface area contributed by atoms with Gasteiger partial charge in [-0.25, -0.2) is 0 Å². The molecule has 0 radical (unpaired) electrons. The third-order valence-corrected chi connectivity index (χ3v) is 4.13. The molecule has 2 rings (SSSR count). The average molecular weight is 379 g/mol. The maximum absolute atomic E-state index is 13.1. The maximum atomic E-state index is 13.1. The number of aliphatic imine (C=N–C) groups is 1. The van der Waals surface area contributed by atoms with Crippen molar-refractivity contribution in [2.75, 3.05) is 6.61 Å². The Morgan fingerprint density at radius 1 is 1.30 bits per heavy atom. The highest BCUT2D eigenvalue weighted by atomic mass is 19.4. The van der Waals surface area contributed by atoms with E-state index in [0.717, 1.165) is 30.2 Å². The van der Waals surface area contributed by atoms with E-state index < -0.39 is 23.2 Å². The monoisotopic (exact) mass is 379 g/mol. The van der Waals surface area contributed by atoms with Crippen LogP contribution in [0.25, 0.3) is 0 Å². The summed E-state index contributed by atoms with van der Waals surface area (Å²) in [5.74, 6) is -0.457. The summed E-state index contributed by atoms with van der Waals surface area (Å²) in [5.41, 5.74) is -0.608. The molecule has 0 amide bonds. The molecule has 0 atom stereocenters. The van der Waals surface area contributed by atoms with Crippen molar-refractivity contribution in [1.82, 2.24) is 0 Å². The minimum atomic E-state index is -4.73. The van der Waals surface area contributed by atoms with Crippen molar-refractivity contribution in [3.63, 3.8) is 0 Å². The van der Waals surface area contributed by atoms with Gasteiger partial charge in [0.2, 0.25) is 0 Å². The number of halogens is 3. The SMILES string of the molecule is C=N/C(C(=O)CCC(=O)c1ccc2c(c1)CCCO2)=C(\C=C/C)C(F)(F)F. The molecule has 7 heteroatoms. The smallest absolute Gasteiger partial charge is 0.418 e. The van der Waals surface area contributed by atoms with E-state index in [1.807, 2.05) is 0 Å². The molecule has 4 nitrogen and oxygen atoms in total. The maximum Gasteiger partial charge on any atom is 0.418 e. The van der Waals surface area contributed by atoms with Crippen LogP contribution in [0.3, 0.4) is 0 Å². The van der Waals surface area contributed by atoms with Crippen LogP contribution >= 0.6 is 0 Å². The second kappa shape index (κ2) is 8.79. The van der Waals surface area contributed by atoms with Crippen molar-refractivity contribution in [2.45, 2.75) is 38.8 Å². The Bertz CT molecular complexity index is 807. The van der Waals surface area contributed by atoms with Crippen LogP contribution in [0.1, 0.15) is 42.1 Å². The lowest BCUT2D eigenvalue weighted by molar-refractivity contribution is -0.117. The van der Waals surface area contributed by atoms with Gasteiger partial charge in [-0.15, -0.1) is 0 Å². The summed E-state index contributed by atoms with van der Waals surface area (Å²) in [5, 5.41) is 0. The lowest BCUT2D eigenvalue weighted by Gasteiger charge is -2.17. The number of hydrogen-bond donors (Lipinski definition) is 0. The van der Waals surface area contributed by atoms with Gasteiger partial charge in [-0.05, 0) is 50.2 Å². The molecular formula is C20H20F3NO3. The number of allylic oxidation sites excluding steroid dienone is 4. The Morgan fingerprint density at radius 2 is 2.04 bits per heavy atom. The molecule has 0 N–H and O–H groups in total. The molecule has 1 aliphatic heterocycles. The molecule has 0 fully saturated rings. The summed E-state index contributed by atoms with van der Waals surface area (Å²) in [6, 6.07) is 5.01.